The number of carbonyl (C=O) groups excluding carboxylic acids is 1. The predicted octanol–water partition coefficient (Wildman–Crippen LogP) is 6.56. The molecule has 1 aromatic heterocycles. The van der Waals surface area contributed by atoms with Crippen molar-refractivity contribution >= 4 is 78.2 Å². The molecule has 0 aliphatic carbocycles. The third-order valence-corrected chi connectivity index (χ3v) is 8.85. The molecular weight excluding hydrogens is 652 g/mol. The average molecular weight is 672 g/mol. The molecule has 0 saturated carbocycles. The van der Waals surface area contributed by atoms with Crippen LogP contribution in [0.25, 0.3) is 11.3 Å². The van der Waals surface area contributed by atoms with E-state index in [0.717, 1.165) is 20.3 Å². The summed E-state index contributed by atoms with van der Waals surface area (Å²) in [4.78, 5) is 17.8. The maximum absolute atomic E-state index is 13.2. The van der Waals surface area contributed by atoms with Gasteiger partial charge in [0.05, 0.1) is 20.6 Å². The number of thiazole rings is 1. The number of aromatic nitrogens is 1. The molecule has 0 fully saturated rings. The van der Waals surface area contributed by atoms with Crippen molar-refractivity contribution in [3.8, 4) is 11.3 Å². The number of nitrogens with one attached hydrogen (secondary N) is 2. The fourth-order valence-corrected chi connectivity index (χ4v) is 5.77. The number of hydrogen-bond donors (Lipinski definition) is 2. The maximum Gasteiger partial charge on any atom is 0.264 e. The van der Waals surface area contributed by atoms with E-state index in [2.05, 4.69) is 37.6 Å². The van der Waals surface area contributed by atoms with Crippen LogP contribution < -0.4 is 10.0 Å². The van der Waals surface area contributed by atoms with E-state index in [0.29, 0.717) is 20.9 Å². The van der Waals surface area contributed by atoms with Gasteiger partial charge in [0.1, 0.15) is 6.04 Å². The van der Waals surface area contributed by atoms with Crippen LogP contribution in [0.3, 0.4) is 0 Å². The van der Waals surface area contributed by atoms with E-state index in [1.807, 2.05) is 36.6 Å². The quantitative estimate of drug-likeness (QED) is 0.207. The maximum atomic E-state index is 13.2. The molecule has 36 heavy (non-hydrogen) atoms. The molecule has 1 heterocycles. The van der Waals surface area contributed by atoms with E-state index in [1.54, 1.807) is 30.3 Å². The Kier molecular flexibility index (Phi) is 8.56. The van der Waals surface area contributed by atoms with Crippen molar-refractivity contribution in [1.29, 1.82) is 0 Å². The molecule has 0 bridgehead atoms. The molecule has 2 N–H and O–H groups in total. The van der Waals surface area contributed by atoms with Crippen molar-refractivity contribution in [3.63, 3.8) is 0 Å². The third kappa shape index (κ3) is 6.77. The van der Waals surface area contributed by atoms with Crippen molar-refractivity contribution in [3.05, 3.63) is 96.9 Å². The summed E-state index contributed by atoms with van der Waals surface area (Å²) in [5.41, 5.74) is 3.22. The summed E-state index contributed by atoms with van der Waals surface area (Å²) in [5, 5.41) is 6.26. The molecule has 3 aromatic carbocycles. The SMILES string of the molecule is Cc1ccc(S(=O)(=O)NC(=O)C(Cc2ccc(I)cc2)Nc2nc(-c3ccc(Cl)c(Cl)c3)cs2)cc1. The minimum atomic E-state index is -4.04. The second-order valence-corrected chi connectivity index (χ2v) is 12.6. The molecule has 6 nitrogen and oxygen atoms in total. The standard InChI is InChI=1S/C25H20Cl2IN3O3S2/c1-15-2-9-19(10-3-15)36(33,34)31-24(32)22(12-16-4-7-18(28)8-5-16)29-25-30-23(14-35-25)17-6-11-20(26)21(27)13-17/h2-11,13-14,22H,12H2,1H3,(H,29,30)(H,31,32). The Morgan fingerprint density at radius 1 is 1.03 bits per heavy atom. The van der Waals surface area contributed by atoms with Gasteiger partial charge in [0, 0.05) is 20.9 Å². The Balaban J connectivity index is 1.58. The highest BCUT2D eigenvalue weighted by atomic mass is 127. The van der Waals surface area contributed by atoms with Crippen LogP contribution in [-0.2, 0) is 21.2 Å². The summed E-state index contributed by atoms with van der Waals surface area (Å²) in [6.07, 6.45) is 0.258. The lowest BCUT2D eigenvalue weighted by Crippen LogP contribution is -2.43. The first-order chi connectivity index (χ1) is 17.1. The number of sulfonamides is 1. The summed E-state index contributed by atoms with van der Waals surface area (Å²) >= 11 is 15.6. The zero-order valence-corrected chi connectivity index (χ0v) is 24.1. The Bertz CT molecular complexity index is 1490. The molecule has 0 aliphatic rings. The number of carbonyl (C=O) groups is 1. The van der Waals surface area contributed by atoms with Crippen LogP contribution in [0.2, 0.25) is 10.0 Å². The molecule has 0 spiro atoms. The third-order valence-electron chi connectivity index (χ3n) is 5.25. The minimum Gasteiger partial charge on any atom is -0.349 e. The summed E-state index contributed by atoms with van der Waals surface area (Å²) in [6, 6.07) is 18.3. The largest absolute Gasteiger partial charge is 0.349 e. The first-order valence-electron chi connectivity index (χ1n) is 10.7. The van der Waals surface area contributed by atoms with Gasteiger partial charge in [-0.25, -0.2) is 18.1 Å². The lowest BCUT2D eigenvalue weighted by Gasteiger charge is -2.18. The number of benzene rings is 3. The number of halogens is 3. The highest BCUT2D eigenvalue weighted by Crippen LogP contribution is 2.31. The number of nitrogens with zero attached hydrogens (tertiary/aromatic N) is 1. The van der Waals surface area contributed by atoms with E-state index in [-0.39, 0.29) is 11.3 Å². The van der Waals surface area contributed by atoms with Gasteiger partial charge in [-0.1, -0.05) is 59.1 Å². The molecular formula is C25H20Cl2IN3O3S2. The Labute approximate surface area is 237 Å². The van der Waals surface area contributed by atoms with Crippen LogP contribution in [0.1, 0.15) is 11.1 Å². The van der Waals surface area contributed by atoms with Gasteiger partial charge < -0.3 is 5.32 Å². The summed E-state index contributed by atoms with van der Waals surface area (Å²) < 4.78 is 29.0. The van der Waals surface area contributed by atoms with E-state index in [4.69, 9.17) is 23.2 Å². The molecule has 0 aliphatic heterocycles. The fraction of sp³-hybridized carbons (Fsp3) is 0.120. The second kappa shape index (κ2) is 11.5. The minimum absolute atomic E-state index is 0.0191. The van der Waals surface area contributed by atoms with E-state index < -0.39 is 22.0 Å². The summed E-state index contributed by atoms with van der Waals surface area (Å²) in [5.74, 6) is -0.680. The number of hydrogen-bond acceptors (Lipinski definition) is 6. The van der Waals surface area contributed by atoms with Crippen LogP contribution in [0.15, 0.2) is 77.0 Å². The zero-order valence-electron chi connectivity index (χ0n) is 18.8. The van der Waals surface area contributed by atoms with Gasteiger partial charge in [0.15, 0.2) is 5.13 Å². The van der Waals surface area contributed by atoms with Crippen LogP contribution in [0.5, 0.6) is 0 Å². The Hall–Kier alpha value is -2.18. The summed E-state index contributed by atoms with van der Waals surface area (Å²) in [7, 11) is -4.04. The van der Waals surface area contributed by atoms with Crippen molar-refractivity contribution in [1.82, 2.24) is 9.71 Å². The van der Waals surface area contributed by atoms with Crippen molar-refractivity contribution in [2.24, 2.45) is 0 Å². The lowest BCUT2D eigenvalue weighted by atomic mass is 10.1. The normalized spacial score (nSPS) is 12.2. The molecule has 4 rings (SSSR count). The molecule has 0 radical (unpaired) electrons. The highest BCUT2D eigenvalue weighted by Gasteiger charge is 2.26. The van der Waals surface area contributed by atoms with Crippen LogP contribution in [0.4, 0.5) is 5.13 Å². The van der Waals surface area contributed by atoms with E-state index in [1.165, 1.54) is 23.5 Å². The smallest absolute Gasteiger partial charge is 0.264 e. The average Bonchev–Trinajstić information content (AvgIpc) is 3.30. The molecule has 1 amide bonds. The Morgan fingerprint density at radius 2 is 1.72 bits per heavy atom. The number of aryl methyl sites for hydroxylation is 1. The Morgan fingerprint density at radius 3 is 2.39 bits per heavy atom. The van der Waals surface area contributed by atoms with Crippen LogP contribution in [-0.4, -0.2) is 25.4 Å². The number of rotatable bonds is 8. The predicted molar refractivity (Wildman–Crippen MR) is 154 cm³/mol. The lowest BCUT2D eigenvalue weighted by molar-refractivity contribution is -0.120. The molecule has 4 aromatic rings. The second-order valence-electron chi connectivity index (χ2n) is 7.98. The fourth-order valence-electron chi connectivity index (χ4n) is 3.32. The van der Waals surface area contributed by atoms with Crippen molar-refractivity contribution < 1.29 is 13.2 Å². The van der Waals surface area contributed by atoms with Gasteiger partial charge in [0.25, 0.3) is 15.9 Å². The topological polar surface area (TPSA) is 88.2 Å². The summed E-state index contributed by atoms with van der Waals surface area (Å²) in [6.45, 7) is 1.86. The van der Waals surface area contributed by atoms with Gasteiger partial charge in [-0.3, -0.25) is 4.79 Å². The number of anilines is 1. The van der Waals surface area contributed by atoms with Crippen molar-refractivity contribution in [2.75, 3.05) is 5.32 Å². The number of amides is 1. The van der Waals surface area contributed by atoms with Crippen molar-refractivity contribution in [2.45, 2.75) is 24.3 Å². The van der Waals surface area contributed by atoms with Gasteiger partial charge in [-0.05, 0) is 71.5 Å². The molecule has 0 saturated heterocycles. The molecule has 1 unspecified atom stereocenters. The van der Waals surface area contributed by atoms with E-state index >= 15 is 0 Å². The van der Waals surface area contributed by atoms with Crippen LogP contribution in [0, 0.1) is 10.5 Å². The van der Waals surface area contributed by atoms with Gasteiger partial charge in [0.2, 0.25) is 0 Å². The van der Waals surface area contributed by atoms with Gasteiger partial charge in [-0.15, -0.1) is 11.3 Å². The molecule has 11 heteroatoms. The van der Waals surface area contributed by atoms with Crippen LogP contribution >= 0.6 is 57.1 Å². The molecule has 1 atom stereocenters. The molecule has 186 valence electrons. The van der Waals surface area contributed by atoms with E-state index in [9.17, 15) is 13.2 Å². The zero-order chi connectivity index (χ0) is 25.9. The van der Waals surface area contributed by atoms with Gasteiger partial charge >= 0.3 is 0 Å². The monoisotopic (exact) mass is 671 g/mol. The van der Waals surface area contributed by atoms with Gasteiger partial charge in [-0.2, -0.15) is 0 Å². The first kappa shape index (κ1) is 26.9. The highest BCUT2D eigenvalue weighted by molar-refractivity contribution is 14.1. The first-order valence-corrected chi connectivity index (χ1v) is 14.9.